The SMILES string of the molecule is S=C(S)Oc1ccccc1.[H-].[K+]. The Balaban J connectivity index is 0. The summed E-state index contributed by atoms with van der Waals surface area (Å²) in [6.45, 7) is 0. The summed E-state index contributed by atoms with van der Waals surface area (Å²) < 4.78 is 5.25. The predicted molar refractivity (Wildman–Crippen MR) is 49.8 cm³/mol. The van der Waals surface area contributed by atoms with Crippen molar-refractivity contribution in [1.29, 1.82) is 0 Å². The summed E-state index contributed by atoms with van der Waals surface area (Å²) in [5, 5.41) is 0. The molecule has 0 aliphatic carbocycles. The molecule has 1 aromatic carbocycles. The molecule has 0 saturated carbocycles. The Labute approximate surface area is 121 Å². The van der Waals surface area contributed by atoms with E-state index in [0.717, 1.165) is 5.75 Å². The standard InChI is InChI=1S/C7H6OS2.K.H/c9-7(10)8-6-4-2-1-3-5-6;;/h1-5H,(H,9,10);;/q;+1;-1. The molecule has 0 N–H and O–H groups in total. The fourth-order valence-corrected chi connectivity index (χ4v) is 0.791. The number of hydrogen-bond acceptors (Lipinski definition) is 2. The molecule has 0 heterocycles. The van der Waals surface area contributed by atoms with E-state index in [2.05, 4.69) is 24.8 Å². The van der Waals surface area contributed by atoms with Gasteiger partial charge in [0, 0.05) is 0 Å². The Morgan fingerprint density at radius 1 is 1.36 bits per heavy atom. The van der Waals surface area contributed by atoms with E-state index >= 15 is 0 Å². The van der Waals surface area contributed by atoms with Gasteiger partial charge in [0.15, 0.2) is 0 Å². The van der Waals surface area contributed by atoms with Crippen LogP contribution in [0.15, 0.2) is 30.3 Å². The Kier molecular flexibility index (Phi) is 7.25. The second kappa shape index (κ2) is 6.59. The molecule has 0 radical (unpaired) electrons. The maximum Gasteiger partial charge on any atom is 1.00 e. The fourth-order valence-electron chi connectivity index (χ4n) is 0.589. The second-order valence-corrected chi connectivity index (χ2v) is 2.76. The van der Waals surface area contributed by atoms with Gasteiger partial charge in [-0.05, 0) is 24.4 Å². The van der Waals surface area contributed by atoms with Crippen LogP contribution in [0.25, 0.3) is 0 Å². The number of hydrogen-bond donors (Lipinski definition) is 1. The number of benzene rings is 1. The van der Waals surface area contributed by atoms with Crippen LogP contribution in [0.1, 0.15) is 1.43 Å². The molecule has 0 saturated heterocycles. The summed E-state index contributed by atoms with van der Waals surface area (Å²) >= 11 is 8.44. The van der Waals surface area contributed by atoms with E-state index < -0.39 is 0 Å². The van der Waals surface area contributed by atoms with Gasteiger partial charge in [0.25, 0.3) is 0 Å². The van der Waals surface area contributed by atoms with E-state index in [1.807, 2.05) is 30.3 Å². The zero-order chi connectivity index (χ0) is 7.40. The molecule has 1 nitrogen and oxygen atoms in total. The molecule has 0 bridgehead atoms. The van der Waals surface area contributed by atoms with Crippen molar-refractivity contribution in [3.05, 3.63) is 30.3 Å². The number of thiocarbonyl (C=S) groups is 1. The van der Waals surface area contributed by atoms with Crippen LogP contribution in [0.5, 0.6) is 5.75 Å². The minimum absolute atomic E-state index is 0. The zero-order valence-electron chi connectivity index (χ0n) is 7.15. The van der Waals surface area contributed by atoms with Crippen LogP contribution in [0.2, 0.25) is 0 Å². The average Bonchev–Trinajstić information content (AvgIpc) is 1.88. The van der Waals surface area contributed by atoms with Crippen LogP contribution in [0, 0.1) is 0 Å². The van der Waals surface area contributed by atoms with Crippen molar-refractivity contribution in [3.63, 3.8) is 0 Å². The van der Waals surface area contributed by atoms with E-state index in [0.29, 0.717) is 0 Å². The molecule has 1 rings (SSSR count). The minimum atomic E-state index is 0. The monoisotopic (exact) mass is 210 g/mol. The van der Waals surface area contributed by atoms with Gasteiger partial charge in [-0.25, -0.2) is 0 Å². The molecule has 0 aliphatic rings. The van der Waals surface area contributed by atoms with Gasteiger partial charge in [0.2, 0.25) is 4.38 Å². The third-order valence-corrected chi connectivity index (χ3v) is 1.12. The van der Waals surface area contributed by atoms with Crippen LogP contribution in [0.4, 0.5) is 0 Å². The topological polar surface area (TPSA) is 9.23 Å². The molecule has 0 unspecified atom stereocenters. The molecule has 0 fully saturated rings. The van der Waals surface area contributed by atoms with Crippen LogP contribution in [0.3, 0.4) is 0 Å². The minimum Gasteiger partial charge on any atom is -1.00 e. The maximum atomic E-state index is 5.01. The number of thiol groups is 1. The van der Waals surface area contributed by atoms with Crippen LogP contribution >= 0.6 is 24.8 Å². The summed E-state index contributed by atoms with van der Waals surface area (Å²) in [5.41, 5.74) is 0. The van der Waals surface area contributed by atoms with Crippen molar-refractivity contribution in [2.75, 3.05) is 0 Å². The smallest absolute Gasteiger partial charge is 1.00 e. The van der Waals surface area contributed by atoms with Gasteiger partial charge < -0.3 is 6.16 Å². The first-order chi connectivity index (χ1) is 4.79. The Bertz CT molecular complexity index is 230. The largest absolute Gasteiger partial charge is 1.00 e. The van der Waals surface area contributed by atoms with Gasteiger partial charge in [0.1, 0.15) is 5.75 Å². The summed E-state index contributed by atoms with van der Waals surface area (Å²) in [7, 11) is 0. The van der Waals surface area contributed by atoms with Crippen molar-refractivity contribution < 1.29 is 57.5 Å². The molecule has 0 atom stereocenters. The second-order valence-electron chi connectivity index (χ2n) is 1.68. The van der Waals surface area contributed by atoms with E-state index in [1.165, 1.54) is 0 Å². The summed E-state index contributed by atoms with van der Waals surface area (Å²) in [6.07, 6.45) is 0. The quantitative estimate of drug-likeness (QED) is 0.376. The molecule has 54 valence electrons. The average molecular weight is 210 g/mol. The first-order valence-corrected chi connectivity index (χ1v) is 3.60. The van der Waals surface area contributed by atoms with Crippen LogP contribution in [-0.2, 0) is 0 Å². The van der Waals surface area contributed by atoms with E-state index in [-0.39, 0.29) is 57.2 Å². The van der Waals surface area contributed by atoms with Crippen molar-refractivity contribution in [2.24, 2.45) is 0 Å². The number of para-hydroxylation sites is 1. The van der Waals surface area contributed by atoms with Crippen LogP contribution in [-0.4, -0.2) is 4.38 Å². The molecule has 1 aromatic rings. The fraction of sp³-hybridized carbons (Fsp3) is 0. The van der Waals surface area contributed by atoms with E-state index in [1.54, 1.807) is 0 Å². The predicted octanol–water partition coefficient (Wildman–Crippen LogP) is -0.603. The van der Waals surface area contributed by atoms with Crippen molar-refractivity contribution in [3.8, 4) is 5.75 Å². The van der Waals surface area contributed by atoms with E-state index in [9.17, 15) is 0 Å². The van der Waals surface area contributed by atoms with Crippen molar-refractivity contribution >= 4 is 29.2 Å². The van der Waals surface area contributed by atoms with Crippen molar-refractivity contribution in [1.82, 2.24) is 0 Å². The van der Waals surface area contributed by atoms with Gasteiger partial charge >= 0.3 is 51.4 Å². The molecule has 4 heteroatoms. The van der Waals surface area contributed by atoms with Gasteiger partial charge in [-0.2, -0.15) is 0 Å². The number of rotatable bonds is 1. The first kappa shape index (κ1) is 12.1. The third-order valence-electron chi connectivity index (χ3n) is 0.948. The molecule has 0 amide bonds. The summed E-state index contributed by atoms with van der Waals surface area (Å²) in [6, 6.07) is 9.31. The van der Waals surface area contributed by atoms with Gasteiger partial charge in [0.05, 0.1) is 0 Å². The van der Waals surface area contributed by atoms with Crippen LogP contribution < -0.4 is 56.1 Å². The van der Waals surface area contributed by atoms with E-state index in [4.69, 9.17) is 4.74 Å². The first-order valence-electron chi connectivity index (χ1n) is 2.75. The normalized spacial score (nSPS) is 8.09. The molecule has 11 heavy (non-hydrogen) atoms. The number of ether oxygens (including phenoxy) is 1. The summed E-state index contributed by atoms with van der Waals surface area (Å²) in [4.78, 5) is 0. The Morgan fingerprint density at radius 3 is 2.36 bits per heavy atom. The van der Waals surface area contributed by atoms with Crippen molar-refractivity contribution in [2.45, 2.75) is 0 Å². The Hall–Kier alpha value is 1.10. The molecular formula is C7H7KOS2. The third kappa shape index (κ3) is 5.35. The molecule has 0 aromatic heterocycles. The molecule has 0 spiro atoms. The Morgan fingerprint density at radius 2 is 1.91 bits per heavy atom. The van der Waals surface area contributed by atoms with Gasteiger partial charge in [-0.3, -0.25) is 0 Å². The van der Waals surface area contributed by atoms with Gasteiger partial charge in [-0.1, -0.05) is 30.8 Å². The zero-order valence-corrected chi connectivity index (χ0v) is 11.0. The molecule has 0 aliphatic heterocycles. The maximum absolute atomic E-state index is 5.01. The molecular weight excluding hydrogens is 203 g/mol. The van der Waals surface area contributed by atoms with Gasteiger partial charge in [-0.15, -0.1) is 0 Å². The summed E-state index contributed by atoms with van der Waals surface area (Å²) in [5.74, 6) is 0.725.